The third-order valence-corrected chi connectivity index (χ3v) is 2.98. The van der Waals surface area contributed by atoms with Gasteiger partial charge in [-0.15, -0.1) is 0 Å². The molecule has 0 radical (unpaired) electrons. The number of anilines is 2. The van der Waals surface area contributed by atoms with Crippen LogP contribution in [0.25, 0.3) is 0 Å². The standard InChI is InChI=1S/C12H22N4O/c1-4-5-10-11(13)14-7-15-12(10)16-9(3)8(2)6-17/h7-9,17H,4-6H2,1-3H3,(H3,13,14,15,16). The normalized spacial score (nSPS) is 14.4. The molecule has 17 heavy (non-hydrogen) atoms. The Bertz CT molecular complexity index is 356. The van der Waals surface area contributed by atoms with Crippen LogP contribution in [0, 0.1) is 5.92 Å². The van der Waals surface area contributed by atoms with Crippen LogP contribution in [-0.4, -0.2) is 27.7 Å². The van der Waals surface area contributed by atoms with E-state index in [1.165, 1.54) is 6.33 Å². The Hall–Kier alpha value is -1.36. The van der Waals surface area contributed by atoms with Gasteiger partial charge in [0.05, 0.1) is 0 Å². The van der Waals surface area contributed by atoms with Gasteiger partial charge in [0.2, 0.25) is 0 Å². The van der Waals surface area contributed by atoms with Crippen LogP contribution in [-0.2, 0) is 6.42 Å². The maximum absolute atomic E-state index is 9.11. The second-order valence-corrected chi connectivity index (χ2v) is 4.43. The summed E-state index contributed by atoms with van der Waals surface area (Å²) in [5.74, 6) is 1.49. The van der Waals surface area contributed by atoms with Gasteiger partial charge in [0.25, 0.3) is 0 Å². The first-order chi connectivity index (χ1) is 8.10. The molecule has 0 aliphatic carbocycles. The quantitative estimate of drug-likeness (QED) is 0.698. The van der Waals surface area contributed by atoms with E-state index in [9.17, 15) is 0 Å². The molecule has 0 aliphatic heterocycles. The van der Waals surface area contributed by atoms with Crippen molar-refractivity contribution in [1.82, 2.24) is 9.97 Å². The third kappa shape index (κ3) is 3.56. The van der Waals surface area contributed by atoms with Gasteiger partial charge >= 0.3 is 0 Å². The van der Waals surface area contributed by atoms with Crippen molar-refractivity contribution >= 4 is 11.6 Å². The number of rotatable bonds is 6. The van der Waals surface area contributed by atoms with Crippen molar-refractivity contribution < 1.29 is 5.11 Å². The van der Waals surface area contributed by atoms with Gasteiger partial charge in [0, 0.05) is 18.2 Å². The fourth-order valence-electron chi connectivity index (χ4n) is 1.56. The number of nitrogens with two attached hydrogens (primary N) is 1. The topological polar surface area (TPSA) is 84.1 Å². The smallest absolute Gasteiger partial charge is 0.134 e. The Morgan fingerprint density at radius 3 is 2.71 bits per heavy atom. The molecule has 5 nitrogen and oxygen atoms in total. The summed E-state index contributed by atoms with van der Waals surface area (Å²) in [4.78, 5) is 8.24. The fraction of sp³-hybridized carbons (Fsp3) is 0.667. The molecule has 0 fully saturated rings. The highest BCUT2D eigenvalue weighted by Gasteiger charge is 2.14. The second kappa shape index (κ2) is 6.39. The van der Waals surface area contributed by atoms with Gasteiger partial charge in [0.1, 0.15) is 18.0 Å². The van der Waals surface area contributed by atoms with Crippen LogP contribution in [0.5, 0.6) is 0 Å². The van der Waals surface area contributed by atoms with E-state index in [2.05, 4.69) is 22.2 Å². The van der Waals surface area contributed by atoms with Crippen LogP contribution in [0.2, 0.25) is 0 Å². The van der Waals surface area contributed by atoms with Crippen LogP contribution >= 0.6 is 0 Å². The Morgan fingerprint density at radius 1 is 1.41 bits per heavy atom. The number of nitrogens with zero attached hydrogens (tertiary/aromatic N) is 2. The number of nitrogen functional groups attached to an aromatic ring is 1. The number of hydrogen-bond acceptors (Lipinski definition) is 5. The molecule has 4 N–H and O–H groups in total. The Kier molecular flexibility index (Phi) is 5.15. The molecule has 1 aromatic rings. The molecule has 1 heterocycles. The van der Waals surface area contributed by atoms with Gasteiger partial charge in [-0.3, -0.25) is 0 Å². The van der Waals surface area contributed by atoms with Gasteiger partial charge in [-0.1, -0.05) is 20.3 Å². The first-order valence-electron chi connectivity index (χ1n) is 6.06. The van der Waals surface area contributed by atoms with E-state index in [0.717, 1.165) is 24.2 Å². The van der Waals surface area contributed by atoms with Crippen molar-refractivity contribution in [3.8, 4) is 0 Å². The molecule has 2 unspecified atom stereocenters. The molecule has 2 atom stereocenters. The maximum atomic E-state index is 9.11. The van der Waals surface area contributed by atoms with E-state index in [1.54, 1.807) is 0 Å². The van der Waals surface area contributed by atoms with Crippen molar-refractivity contribution in [3.05, 3.63) is 11.9 Å². The van der Waals surface area contributed by atoms with Crippen molar-refractivity contribution in [1.29, 1.82) is 0 Å². The number of nitrogens with one attached hydrogen (secondary N) is 1. The van der Waals surface area contributed by atoms with E-state index >= 15 is 0 Å². The number of aromatic nitrogens is 2. The lowest BCUT2D eigenvalue weighted by Crippen LogP contribution is -2.27. The van der Waals surface area contributed by atoms with Crippen LogP contribution in [0.15, 0.2) is 6.33 Å². The summed E-state index contributed by atoms with van der Waals surface area (Å²) in [7, 11) is 0. The van der Waals surface area contributed by atoms with Gasteiger partial charge in [-0.2, -0.15) is 0 Å². The molecule has 0 saturated carbocycles. The molecule has 0 saturated heterocycles. The minimum Gasteiger partial charge on any atom is -0.396 e. The molecule has 1 aromatic heterocycles. The third-order valence-electron chi connectivity index (χ3n) is 2.98. The zero-order valence-electron chi connectivity index (χ0n) is 10.8. The van der Waals surface area contributed by atoms with Crippen LogP contribution in [0.3, 0.4) is 0 Å². The largest absolute Gasteiger partial charge is 0.396 e. The number of aliphatic hydroxyl groups excluding tert-OH is 1. The minimum absolute atomic E-state index is 0.143. The molecular weight excluding hydrogens is 216 g/mol. The molecule has 0 spiro atoms. The van der Waals surface area contributed by atoms with E-state index in [4.69, 9.17) is 10.8 Å². The highest BCUT2D eigenvalue weighted by atomic mass is 16.3. The predicted molar refractivity (Wildman–Crippen MR) is 69.8 cm³/mol. The van der Waals surface area contributed by atoms with Gasteiger partial charge in [-0.25, -0.2) is 9.97 Å². The van der Waals surface area contributed by atoms with Crippen molar-refractivity contribution in [2.45, 2.75) is 39.7 Å². The monoisotopic (exact) mass is 238 g/mol. The highest BCUT2D eigenvalue weighted by molar-refractivity contribution is 5.55. The Balaban J connectivity index is 2.86. The van der Waals surface area contributed by atoms with Gasteiger partial charge < -0.3 is 16.2 Å². The molecule has 5 heteroatoms. The molecule has 96 valence electrons. The summed E-state index contributed by atoms with van der Waals surface area (Å²) >= 11 is 0. The van der Waals surface area contributed by atoms with E-state index < -0.39 is 0 Å². The molecule has 0 aromatic carbocycles. The number of aliphatic hydroxyl groups is 1. The highest BCUT2D eigenvalue weighted by Crippen LogP contribution is 2.20. The lowest BCUT2D eigenvalue weighted by Gasteiger charge is -2.21. The average Bonchev–Trinajstić information content (AvgIpc) is 2.32. The van der Waals surface area contributed by atoms with Gasteiger partial charge in [0.15, 0.2) is 0 Å². The maximum Gasteiger partial charge on any atom is 0.134 e. The summed E-state index contributed by atoms with van der Waals surface area (Å²) < 4.78 is 0. The Labute approximate surface area is 102 Å². The molecule has 0 amide bonds. The predicted octanol–water partition coefficient (Wildman–Crippen LogP) is 1.44. The number of hydrogen-bond donors (Lipinski definition) is 3. The first kappa shape index (κ1) is 13.7. The average molecular weight is 238 g/mol. The van der Waals surface area contributed by atoms with Crippen molar-refractivity contribution in [2.24, 2.45) is 5.92 Å². The molecule has 0 bridgehead atoms. The van der Waals surface area contributed by atoms with E-state index in [0.29, 0.717) is 5.82 Å². The van der Waals surface area contributed by atoms with Crippen molar-refractivity contribution in [3.63, 3.8) is 0 Å². The summed E-state index contributed by atoms with van der Waals surface area (Å²) in [5.41, 5.74) is 6.82. The summed E-state index contributed by atoms with van der Waals surface area (Å²) in [6.07, 6.45) is 3.32. The molecular formula is C12H22N4O. The first-order valence-corrected chi connectivity index (χ1v) is 6.06. The lowest BCUT2D eigenvalue weighted by atomic mass is 10.0. The minimum atomic E-state index is 0.143. The Morgan fingerprint density at radius 2 is 2.12 bits per heavy atom. The molecule has 1 rings (SSSR count). The summed E-state index contributed by atoms with van der Waals surface area (Å²) in [5, 5.41) is 12.4. The fourth-order valence-corrected chi connectivity index (χ4v) is 1.56. The summed E-state index contributed by atoms with van der Waals surface area (Å²) in [6, 6.07) is 0.143. The molecule has 0 aliphatic rings. The lowest BCUT2D eigenvalue weighted by molar-refractivity contribution is 0.226. The van der Waals surface area contributed by atoms with Crippen LogP contribution < -0.4 is 11.1 Å². The summed E-state index contributed by atoms with van der Waals surface area (Å²) in [6.45, 7) is 6.25. The van der Waals surface area contributed by atoms with Crippen LogP contribution in [0.1, 0.15) is 32.8 Å². The zero-order valence-corrected chi connectivity index (χ0v) is 10.8. The van der Waals surface area contributed by atoms with Crippen LogP contribution in [0.4, 0.5) is 11.6 Å². The van der Waals surface area contributed by atoms with Crippen molar-refractivity contribution in [2.75, 3.05) is 17.7 Å². The van der Waals surface area contributed by atoms with E-state index in [-0.39, 0.29) is 18.6 Å². The zero-order chi connectivity index (χ0) is 12.8. The van der Waals surface area contributed by atoms with Gasteiger partial charge in [-0.05, 0) is 19.3 Å². The van der Waals surface area contributed by atoms with E-state index in [1.807, 2.05) is 13.8 Å². The second-order valence-electron chi connectivity index (χ2n) is 4.43. The SMILES string of the molecule is CCCc1c(N)ncnc1NC(C)C(C)CO.